The minimum Gasteiger partial charge on any atom is -0.454 e. The summed E-state index contributed by atoms with van der Waals surface area (Å²) < 4.78 is 33.7. The summed E-state index contributed by atoms with van der Waals surface area (Å²) in [6.07, 6.45) is 5.20. The van der Waals surface area contributed by atoms with Crippen LogP contribution in [0.4, 0.5) is 8.78 Å². The van der Waals surface area contributed by atoms with Crippen LogP contribution in [0.2, 0.25) is 0 Å². The minimum absolute atomic E-state index is 0.435. The van der Waals surface area contributed by atoms with E-state index in [1.54, 1.807) is 6.08 Å². The Bertz CT molecular complexity index is 895. The van der Waals surface area contributed by atoms with Crippen LogP contribution in [0.5, 0.6) is 0 Å². The van der Waals surface area contributed by atoms with Gasteiger partial charge in [-0.15, -0.1) is 0 Å². The Kier molecular flexibility index (Phi) is 5.02. The van der Waals surface area contributed by atoms with E-state index < -0.39 is 35.6 Å². The van der Waals surface area contributed by atoms with Crippen LogP contribution in [-0.4, -0.2) is 22.9 Å². The second-order valence-corrected chi connectivity index (χ2v) is 6.42. The van der Waals surface area contributed by atoms with E-state index in [2.05, 4.69) is 4.57 Å². The summed E-state index contributed by atoms with van der Waals surface area (Å²) in [6, 6.07) is 5.10. The fraction of sp³-hybridized carbons (Fsp3) is 0.300. The number of Topliss-reactive ketones (excluding diaryl/α,β-unsaturated/α-hetero) is 1. The number of esters is 1. The molecule has 1 aromatic carbocycles. The van der Waals surface area contributed by atoms with Gasteiger partial charge in [0.05, 0.1) is 5.56 Å². The van der Waals surface area contributed by atoms with Crippen LogP contribution in [0, 0.1) is 25.5 Å². The maximum Gasteiger partial charge on any atom is 0.331 e. The molecule has 0 spiro atoms. The molecule has 0 radical (unpaired) electrons. The first kappa shape index (κ1) is 18.0. The van der Waals surface area contributed by atoms with E-state index in [1.807, 2.05) is 19.9 Å². The number of carbonyl (C=O) groups excluding carboxylic acids is 2. The molecule has 0 atom stereocenters. The van der Waals surface area contributed by atoms with Crippen molar-refractivity contribution in [1.29, 1.82) is 0 Å². The molecule has 0 amide bonds. The fourth-order valence-corrected chi connectivity index (χ4v) is 3.00. The van der Waals surface area contributed by atoms with Crippen molar-refractivity contribution in [1.82, 2.24) is 4.57 Å². The van der Waals surface area contributed by atoms with Crippen LogP contribution in [0.25, 0.3) is 6.08 Å². The number of aromatic nitrogens is 1. The predicted molar refractivity (Wildman–Crippen MR) is 92.9 cm³/mol. The summed E-state index contributed by atoms with van der Waals surface area (Å²) >= 11 is 0. The first-order valence-corrected chi connectivity index (χ1v) is 8.38. The number of ether oxygens (including phenoxy) is 1. The Labute approximate surface area is 150 Å². The second-order valence-electron chi connectivity index (χ2n) is 6.42. The Hall–Kier alpha value is -2.76. The van der Waals surface area contributed by atoms with Crippen LogP contribution < -0.4 is 0 Å². The molecule has 0 saturated heterocycles. The molecule has 6 heteroatoms. The van der Waals surface area contributed by atoms with Crippen LogP contribution in [0.15, 0.2) is 30.3 Å². The number of carbonyl (C=O) groups is 2. The number of rotatable bonds is 6. The summed E-state index contributed by atoms with van der Waals surface area (Å²) in [6.45, 7) is 3.37. The second kappa shape index (κ2) is 7.23. The highest BCUT2D eigenvalue weighted by Crippen LogP contribution is 2.38. The lowest BCUT2D eigenvalue weighted by molar-refractivity contribution is -0.136. The number of hydrogen-bond acceptors (Lipinski definition) is 3. The van der Waals surface area contributed by atoms with Crippen LogP contribution in [0.3, 0.4) is 0 Å². The first-order chi connectivity index (χ1) is 12.4. The molecule has 1 saturated carbocycles. The SMILES string of the molecule is Cc1cc(/C=C/C(=O)OCC(=O)c2cc(F)ccc2F)c(C)n1C1CC1. The van der Waals surface area contributed by atoms with Gasteiger partial charge in [0.1, 0.15) is 11.6 Å². The smallest absolute Gasteiger partial charge is 0.331 e. The third-order valence-electron chi connectivity index (χ3n) is 4.41. The number of nitrogens with zero attached hydrogens (tertiary/aromatic N) is 1. The number of ketones is 1. The summed E-state index contributed by atoms with van der Waals surface area (Å²) in [5.74, 6) is -3.09. The zero-order valence-corrected chi connectivity index (χ0v) is 14.6. The molecule has 3 rings (SSSR count). The van der Waals surface area contributed by atoms with Crippen molar-refractivity contribution in [2.45, 2.75) is 32.7 Å². The first-order valence-electron chi connectivity index (χ1n) is 8.38. The molecular formula is C20H19F2NO3. The van der Waals surface area contributed by atoms with Gasteiger partial charge < -0.3 is 9.30 Å². The van der Waals surface area contributed by atoms with E-state index in [4.69, 9.17) is 4.74 Å². The molecule has 1 aliphatic rings. The number of aryl methyl sites for hydroxylation is 1. The number of halogens is 2. The van der Waals surface area contributed by atoms with E-state index >= 15 is 0 Å². The largest absolute Gasteiger partial charge is 0.454 e. The van der Waals surface area contributed by atoms with Gasteiger partial charge in [-0.05, 0) is 62.6 Å². The van der Waals surface area contributed by atoms with Crippen molar-refractivity contribution >= 4 is 17.8 Å². The van der Waals surface area contributed by atoms with Crippen molar-refractivity contribution in [3.8, 4) is 0 Å². The molecule has 1 heterocycles. The lowest BCUT2D eigenvalue weighted by Crippen LogP contribution is -2.14. The van der Waals surface area contributed by atoms with Crippen molar-refractivity contribution in [3.05, 3.63) is 64.5 Å². The number of hydrogen-bond donors (Lipinski definition) is 0. The Morgan fingerprint density at radius 1 is 1.23 bits per heavy atom. The lowest BCUT2D eigenvalue weighted by atomic mass is 10.1. The van der Waals surface area contributed by atoms with Crippen LogP contribution >= 0.6 is 0 Å². The molecule has 4 nitrogen and oxygen atoms in total. The van der Waals surface area contributed by atoms with E-state index in [0.29, 0.717) is 6.04 Å². The molecule has 0 unspecified atom stereocenters. The minimum atomic E-state index is -0.851. The molecule has 26 heavy (non-hydrogen) atoms. The quantitative estimate of drug-likeness (QED) is 0.442. The molecule has 0 bridgehead atoms. The average Bonchev–Trinajstić information content (AvgIpc) is 3.39. The lowest BCUT2D eigenvalue weighted by Gasteiger charge is -2.06. The standard InChI is InChI=1S/C20H19F2NO3/c1-12-9-14(13(2)23(12)16-5-6-16)3-8-20(25)26-11-19(24)17-10-15(21)4-7-18(17)22/h3-4,7-10,16H,5-6,11H2,1-2H3/b8-3+. The van der Waals surface area contributed by atoms with Crippen molar-refractivity contribution in [2.24, 2.45) is 0 Å². The Morgan fingerprint density at radius 2 is 1.96 bits per heavy atom. The third kappa shape index (κ3) is 3.90. The van der Waals surface area contributed by atoms with Gasteiger partial charge in [-0.3, -0.25) is 4.79 Å². The van der Waals surface area contributed by atoms with Gasteiger partial charge in [0, 0.05) is 23.5 Å². The van der Waals surface area contributed by atoms with Gasteiger partial charge in [0.15, 0.2) is 6.61 Å². The molecular weight excluding hydrogens is 340 g/mol. The van der Waals surface area contributed by atoms with Crippen molar-refractivity contribution < 1.29 is 23.1 Å². The number of benzene rings is 1. The topological polar surface area (TPSA) is 48.3 Å². The normalized spacial score (nSPS) is 14.0. The van der Waals surface area contributed by atoms with Crippen LogP contribution in [0.1, 0.15) is 46.2 Å². The highest BCUT2D eigenvalue weighted by atomic mass is 19.1. The molecule has 136 valence electrons. The van der Waals surface area contributed by atoms with E-state index in [9.17, 15) is 18.4 Å². The predicted octanol–water partition coefficient (Wildman–Crippen LogP) is 4.16. The summed E-state index contributed by atoms with van der Waals surface area (Å²) in [7, 11) is 0. The Morgan fingerprint density at radius 3 is 2.65 bits per heavy atom. The van der Waals surface area contributed by atoms with Gasteiger partial charge in [0.2, 0.25) is 5.78 Å². The van der Waals surface area contributed by atoms with Crippen LogP contribution in [-0.2, 0) is 9.53 Å². The Balaban J connectivity index is 1.60. The zero-order chi connectivity index (χ0) is 18.8. The molecule has 1 aromatic heterocycles. The van der Waals surface area contributed by atoms with E-state index in [1.165, 1.54) is 18.9 Å². The average molecular weight is 359 g/mol. The monoisotopic (exact) mass is 359 g/mol. The van der Waals surface area contributed by atoms with Crippen molar-refractivity contribution in [3.63, 3.8) is 0 Å². The third-order valence-corrected chi connectivity index (χ3v) is 4.41. The fourth-order valence-electron chi connectivity index (χ4n) is 3.00. The zero-order valence-electron chi connectivity index (χ0n) is 14.6. The van der Waals surface area contributed by atoms with E-state index in [-0.39, 0.29) is 0 Å². The van der Waals surface area contributed by atoms with Gasteiger partial charge in [0.25, 0.3) is 0 Å². The maximum atomic E-state index is 13.5. The highest BCUT2D eigenvalue weighted by Gasteiger charge is 2.26. The van der Waals surface area contributed by atoms with Gasteiger partial charge in [-0.2, -0.15) is 0 Å². The molecule has 0 N–H and O–H groups in total. The van der Waals surface area contributed by atoms with Crippen molar-refractivity contribution in [2.75, 3.05) is 6.61 Å². The van der Waals surface area contributed by atoms with E-state index in [0.717, 1.165) is 35.2 Å². The molecule has 1 aliphatic carbocycles. The summed E-state index contributed by atoms with van der Waals surface area (Å²) in [5, 5.41) is 0. The molecule has 2 aromatic rings. The molecule has 0 aliphatic heterocycles. The molecule has 1 fully saturated rings. The van der Waals surface area contributed by atoms with Gasteiger partial charge in [-0.25, -0.2) is 13.6 Å². The summed E-state index contributed by atoms with van der Waals surface area (Å²) in [5.41, 5.74) is 2.69. The van der Waals surface area contributed by atoms with Gasteiger partial charge in [-0.1, -0.05) is 0 Å². The summed E-state index contributed by atoms with van der Waals surface area (Å²) in [4.78, 5) is 23.7. The highest BCUT2D eigenvalue weighted by molar-refractivity contribution is 5.99. The maximum absolute atomic E-state index is 13.5. The van der Waals surface area contributed by atoms with Gasteiger partial charge >= 0.3 is 5.97 Å².